The fraction of sp³-hybridized carbons (Fsp3) is 0.529. The molecule has 1 aromatic rings. The van der Waals surface area contributed by atoms with Crippen LogP contribution in [0.2, 0.25) is 0 Å². The molecule has 2 amide bonds. The molecule has 2 aliphatic heterocycles. The van der Waals surface area contributed by atoms with Gasteiger partial charge in [-0.15, -0.1) is 0 Å². The van der Waals surface area contributed by atoms with E-state index in [-0.39, 0.29) is 11.3 Å². The number of piperidine rings is 1. The molecule has 2 saturated heterocycles. The van der Waals surface area contributed by atoms with Gasteiger partial charge in [0.1, 0.15) is 5.60 Å². The third-order valence-electron chi connectivity index (χ3n) is 4.64. The van der Waals surface area contributed by atoms with Gasteiger partial charge in [-0.25, -0.2) is 4.79 Å². The minimum atomic E-state index is -0.449. The molecule has 2 heterocycles. The lowest BCUT2D eigenvalue weighted by Gasteiger charge is -2.36. The summed E-state index contributed by atoms with van der Waals surface area (Å²) in [5.41, 5.74) is 3.07. The van der Waals surface area contributed by atoms with Crippen molar-refractivity contribution in [3.8, 4) is 0 Å². The van der Waals surface area contributed by atoms with Crippen molar-refractivity contribution in [2.75, 3.05) is 19.6 Å². The zero-order valence-electron chi connectivity index (χ0n) is 13.5. The van der Waals surface area contributed by atoms with Crippen LogP contribution in [0.25, 0.3) is 0 Å². The first-order chi connectivity index (χ1) is 10.9. The van der Waals surface area contributed by atoms with Crippen LogP contribution >= 0.6 is 12.6 Å². The average Bonchev–Trinajstić information content (AvgIpc) is 2.74. The van der Waals surface area contributed by atoms with E-state index in [2.05, 4.69) is 44.7 Å². The standard InChI is InChI=1S/C17H22N2O3S/c1-12-7-13(2)9-14(8-12)10-19-11-17(22-15(19)20)3-5-18(6-4-17)16(21)23/h7-9H,3-6,10-11H2,1-2H3,(H,21,23). The van der Waals surface area contributed by atoms with Gasteiger partial charge >= 0.3 is 6.09 Å². The quantitative estimate of drug-likeness (QED) is 0.845. The van der Waals surface area contributed by atoms with Crippen molar-refractivity contribution in [1.29, 1.82) is 0 Å². The lowest BCUT2D eigenvalue weighted by atomic mass is 9.91. The summed E-state index contributed by atoms with van der Waals surface area (Å²) < 4.78 is 5.69. The molecule has 23 heavy (non-hydrogen) atoms. The van der Waals surface area contributed by atoms with Gasteiger partial charge in [0.25, 0.3) is 5.24 Å². The largest absolute Gasteiger partial charge is 0.441 e. The molecule has 0 radical (unpaired) electrons. The summed E-state index contributed by atoms with van der Waals surface area (Å²) in [6.07, 6.45) is 1.10. The van der Waals surface area contributed by atoms with E-state index in [4.69, 9.17) is 4.74 Å². The number of thiol groups is 1. The monoisotopic (exact) mass is 334 g/mol. The van der Waals surface area contributed by atoms with Crippen LogP contribution in [0.3, 0.4) is 0 Å². The summed E-state index contributed by atoms with van der Waals surface area (Å²) in [5.74, 6) is 0. The Morgan fingerprint density at radius 3 is 2.39 bits per heavy atom. The number of likely N-dealkylation sites (tertiary alicyclic amines) is 1. The highest BCUT2D eigenvalue weighted by molar-refractivity contribution is 7.96. The van der Waals surface area contributed by atoms with Crippen LogP contribution in [0, 0.1) is 13.8 Å². The van der Waals surface area contributed by atoms with E-state index in [9.17, 15) is 9.59 Å². The Morgan fingerprint density at radius 1 is 1.22 bits per heavy atom. The molecule has 0 unspecified atom stereocenters. The average molecular weight is 334 g/mol. The molecule has 0 aromatic heterocycles. The van der Waals surface area contributed by atoms with E-state index in [0.29, 0.717) is 39.0 Å². The Hall–Kier alpha value is -1.69. The van der Waals surface area contributed by atoms with E-state index in [1.807, 2.05) is 0 Å². The third-order valence-corrected chi connectivity index (χ3v) is 4.92. The van der Waals surface area contributed by atoms with E-state index in [1.54, 1.807) is 9.80 Å². The van der Waals surface area contributed by atoms with E-state index in [0.717, 1.165) is 5.56 Å². The predicted octanol–water partition coefficient (Wildman–Crippen LogP) is 3.14. The number of nitrogens with zero attached hydrogens (tertiary/aromatic N) is 2. The lowest BCUT2D eigenvalue weighted by molar-refractivity contribution is 0.0120. The molecule has 0 bridgehead atoms. The number of aryl methyl sites for hydroxylation is 2. The van der Waals surface area contributed by atoms with Crippen LogP contribution in [-0.4, -0.2) is 46.4 Å². The van der Waals surface area contributed by atoms with Crippen LogP contribution < -0.4 is 0 Å². The second-order valence-electron chi connectivity index (χ2n) is 6.67. The Bertz CT molecular complexity index is 618. The number of ether oxygens (including phenoxy) is 1. The van der Waals surface area contributed by atoms with Gasteiger partial charge in [0.2, 0.25) is 0 Å². The van der Waals surface area contributed by atoms with Crippen LogP contribution in [0.15, 0.2) is 18.2 Å². The van der Waals surface area contributed by atoms with Crippen LogP contribution in [-0.2, 0) is 11.3 Å². The molecular weight excluding hydrogens is 312 g/mol. The molecule has 1 spiro atoms. The number of hydrogen-bond acceptors (Lipinski definition) is 3. The van der Waals surface area contributed by atoms with Gasteiger partial charge in [-0.3, -0.25) is 9.69 Å². The van der Waals surface area contributed by atoms with E-state index in [1.165, 1.54) is 11.1 Å². The minimum absolute atomic E-state index is 0.212. The molecule has 0 saturated carbocycles. The maximum atomic E-state index is 12.2. The summed E-state index contributed by atoms with van der Waals surface area (Å²) >= 11 is 3.86. The maximum absolute atomic E-state index is 12.2. The fourth-order valence-electron chi connectivity index (χ4n) is 3.56. The molecule has 0 atom stereocenters. The van der Waals surface area contributed by atoms with Gasteiger partial charge in [-0.2, -0.15) is 0 Å². The number of carbonyl (C=O) groups is 2. The number of benzene rings is 1. The normalized spacial score (nSPS) is 20.0. The Labute approximate surface area is 142 Å². The van der Waals surface area contributed by atoms with Crippen molar-refractivity contribution in [1.82, 2.24) is 9.80 Å². The minimum Gasteiger partial charge on any atom is -0.441 e. The molecule has 0 aliphatic carbocycles. The number of carbonyl (C=O) groups excluding carboxylic acids is 2. The smallest absolute Gasteiger partial charge is 0.410 e. The Balaban J connectivity index is 1.67. The SMILES string of the molecule is Cc1cc(C)cc(CN2CC3(CCN(C(=O)S)CC3)OC2=O)c1. The molecular formula is C17H22N2O3S. The van der Waals surface area contributed by atoms with Crippen molar-refractivity contribution in [3.63, 3.8) is 0 Å². The summed E-state index contributed by atoms with van der Waals surface area (Å²) in [4.78, 5) is 27.0. The molecule has 124 valence electrons. The summed E-state index contributed by atoms with van der Waals surface area (Å²) in [6, 6.07) is 6.33. The second kappa shape index (κ2) is 6.07. The first kappa shape index (κ1) is 16.2. The van der Waals surface area contributed by atoms with Crippen molar-refractivity contribution in [2.45, 2.75) is 38.8 Å². The topological polar surface area (TPSA) is 49.9 Å². The second-order valence-corrected chi connectivity index (χ2v) is 7.06. The zero-order valence-corrected chi connectivity index (χ0v) is 14.4. The number of rotatable bonds is 2. The molecule has 2 fully saturated rings. The Kier molecular flexibility index (Phi) is 4.27. The van der Waals surface area contributed by atoms with Crippen LogP contribution in [0.5, 0.6) is 0 Å². The van der Waals surface area contributed by atoms with Crippen LogP contribution in [0.4, 0.5) is 9.59 Å². The molecule has 0 N–H and O–H groups in total. The first-order valence-electron chi connectivity index (χ1n) is 7.90. The predicted molar refractivity (Wildman–Crippen MR) is 90.7 cm³/mol. The highest BCUT2D eigenvalue weighted by Gasteiger charge is 2.47. The molecule has 5 nitrogen and oxygen atoms in total. The molecule has 2 aliphatic rings. The van der Waals surface area contributed by atoms with Crippen molar-refractivity contribution in [3.05, 3.63) is 34.9 Å². The zero-order chi connectivity index (χ0) is 16.6. The first-order valence-corrected chi connectivity index (χ1v) is 8.35. The number of hydrogen-bond donors (Lipinski definition) is 1. The third kappa shape index (κ3) is 3.47. The van der Waals surface area contributed by atoms with Gasteiger partial charge in [0, 0.05) is 32.5 Å². The van der Waals surface area contributed by atoms with Crippen molar-refractivity contribution >= 4 is 24.0 Å². The van der Waals surface area contributed by atoms with Crippen LogP contribution in [0.1, 0.15) is 29.5 Å². The molecule has 6 heteroatoms. The highest BCUT2D eigenvalue weighted by Crippen LogP contribution is 2.34. The maximum Gasteiger partial charge on any atom is 0.410 e. The van der Waals surface area contributed by atoms with Gasteiger partial charge in [-0.1, -0.05) is 42.0 Å². The van der Waals surface area contributed by atoms with Crippen molar-refractivity contribution < 1.29 is 14.3 Å². The van der Waals surface area contributed by atoms with E-state index < -0.39 is 5.60 Å². The number of amides is 2. The van der Waals surface area contributed by atoms with Gasteiger partial charge < -0.3 is 9.64 Å². The van der Waals surface area contributed by atoms with E-state index >= 15 is 0 Å². The summed E-state index contributed by atoms with van der Waals surface area (Å²) in [7, 11) is 0. The highest BCUT2D eigenvalue weighted by atomic mass is 32.1. The van der Waals surface area contributed by atoms with Gasteiger partial charge in [0.15, 0.2) is 0 Å². The fourth-order valence-corrected chi connectivity index (χ4v) is 3.76. The summed E-state index contributed by atoms with van der Waals surface area (Å²) in [6.45, 7) is 6.46. The van der Waals surface area contributed by atoms with Crippen molar-refractivity contribution in [2.24, 2.45) is 0 Å². The summed E-state index contributed by atoms with van der Waals surface area (Å²) in [5, 5.41) is -0.212. The lowest BCUT2D eigenvalue weighted by Crippen LogP contribution is -2.47. The van der Waals surface area contributed by atoms with Gasteiger partial charge in [-0.05, 0) is 19.4 Å². The van der Waals surface area contributed by atoms with Gasteiger partial charge in [0.05, 0.1) is 6.54 Å². The molecule has 3 rings (SSSR count). The molecule has 1 aromatic carbocycles. The Morgan fingerprint density at radius 2 is 1.83 bits per heavy atom.